The molecule has 1 saturated heterocycles. The summed E-state index contributed by atoms with van der Waals surface area (Å²) >= 11 is 12.0. The predicted octanol–water partition coefficient (Wildman–Crippen LogP) is 5.02. The fourth-order valence-electron chi connectivity index (χ4n) is 3.41. The van der Waals surface area contributed by atoms with Crippen molar-refractivity contribution in [3.63, 3.8) is 0 Å². The predicted molar refractivity (Wildman–Crippen MR) is 115 cm³/mol. The number of likely N-dealkylation sites (tertiary alicyclic amines) is 1. The van der Waals surface area contributed by atoms with E-state index in [2.05, 4.69) is 10.2 Å². The lowest BCUT2D eigenvalue weighted by Crippen LogP contribution is -2.37. The zero-order valence-corrected chi connectivity index (χ0v) is 17.8. The minimum atomic E-state index is -0.496. The van der Waals surface area contributed by atoms with Crippen LogP contribution in [0.5, 0.6) is 0 Å². The van der Waals surface area contributed by atoms with E-state index in [0.29, 0.717) is 10.7 Å². The third-order valence-electron chi connectivity index (χ3n) is 5.01. The molecule has 0 atom stereocenters. The van der Waals surface area contributed by atoms with E-state index in [-0.39, 0.29) is 24.0 Å². The number of amides is 1. The van der Waals surface area contributed by atoms with Crippen LogP contribution in [0.1, 0.15) is 35.7 Å². The van der Waals surface area contributed by atoms with E-state index in [1.165, 1.54) is 5.56 Å². The second-order valence-corrected chi connectivity index (χ2v) is 7.92. The van der Waals surface area contributed by atoms with Crippen molar-refractivity contribution in [1.82, 2.24) is 4.90 Å². The number of carbonyl (C=O) groups excluding carboxylic acids is 2. The van der Waals surface area contributed by atoms with Crippen LogP contribution < -0.4 is 5.32 Å². The van der Waals surface area contributed by atoms with Crippen molar-refractivity contribution in [3.8, 4) is 0 Å². The molecular weight excluding hydrogens is 411 g/mol. The van der Waals surface area contributed by atoms with Gasteiger partial charge in [-0.15, -0.1) is 0 Å². The first-order chi connectivity index (χ1) is 14.0. The standard InChI is InChI=1S/C22H24Cl2N2O3/c1-2-29-22(28)19-13-18(7-8-20(19)24)25-21(27)16-9-11-26(12-10-16)14-15-3-5-17(23)6-4-15/h3-8,13,16H,2,9-12,14H2,1H3,(H,25,27). The van der Waals surface area contributed by atoms with Crippen molar-refractivity contribution in [2.45, 2.75) is 26.3 Å². The van der Waals surface area contributed by atoms with E-state index in [4.69, 9.17) is 27.9 Å². The second kappa shape index (κ2) is 10.1. The third-order valence-corrected chi connectivity index (χ3v) is 5.59. The number of anilines is 1. The number of ether oxygens (including phenoxy) is 1. The van der Waals surface area contributed by atoms with Crippen LogP contribution in [0, 0.1) is 5.92 Å². The number of hydrogen-bond donors (Lipinski definition) is 1. The number of hydrogen-bond acceptors (Lipinski definition) is 4. The van der Waals surface area contributed by atoms with Crippen LogP contribution in [0.15, 0.2) is 42.5 Å². The molecule has 0 unspecified atom stereocenters. The van der Waals surface area contributed by atoms with Gasteiger partial charge in [0.2, 0.25) is 5.91 Å². The maximum Gasteiger partial charge on any atom is 0.339 e. The molecule has 1 N–H and O–H groups in total. The van der Waals surface area contributed by atoms with Crippen LogP contribution in [-0.4, -0.2) is 36.5 Å². The normalized spacial score (nSPS) is 15.1. The molecule has 2 aromatic rings. The van der Waals surface area contributed by atoms with Gasteiger partial charge in [-0.1, -0.05) is 35.3 Å². The average molecular weight is 435 g/mol. The highest BCUT2D eigenvalue weighted by Gasteiger charge is 2.25. The lowest BCUT2D eigenvalue weighted by molar-refractivity contribution is -0.121. The summed E-state index contributed by atoms with van der Waals surface area (Å²) < 4.78 is 5.00. The fraction of sp³-hybridized carbons (Fsp3) is 0.364. The summed E-state index contributed by atoms with van der Waals surface area (Å²) in [7, 11) is 0. The molecule has 1 aliphatic heterocycles. The smallest absolute Gasteiger partial charge is 0.339 e. The molecule has 7 heteroatoms. The van der Waals surface area contributed by atoms with Crippen molar-refractivity contribution in [2.24, 2.45) is 5.92 Å². The number of esters is 1. The maximum atomic E-state index is 12.7. The highest BCUT2D eigenvalue weighted by atomic mass is 35.5. The molecule has 1 amide bonds. The molecule has 0 saturated carbocycles. The summed E-state index contributed by atoms with van der Waals surface area (Å²) in [6.45, 7) is 4.56. The topological polar surface area (TPSA) is 58.6 Å². The zero-order chi connectivity index (χ0) is 20.8. The average Bonchev–Trinajstić information content (AvgIpc) is 2.72. The summed E-state index contributed by atoms with van der Waals surface area (Å²) in [6.07, 6.45) is 1.58. The van der Waals surface area contributed by atoms with Gasteiger partial charge in [-0.05, 0) is 68.8 Å². The molecule has 1 aliphatic rings. The van der Waals surface area contributed by atoms with Crippen LogP contribution in [0.3, 0.4) is 0 Å². The first-order valence-electron chi connectivity index (χ1n) is 9.70. The van der Waals surface area contributed by atoms with Gasteiger partial charge in [-0.25, -0.2) is 4.79 Å². The molecule has 0 bridgehead atoms. The minimum absolute atomic E-state index is 0.0340. The Bertz CT molecular complexity index is 863. The molecule has 0 radical (unpaired) electrons. The molecule has 3 rings (SSSR count). The van der Waals surface area contributed by atoms with E-state index >= 15 is 0 Å². The van der Waals surface area contributed by atoms with Crippen molar-refractivity contribution in [1.29, 1.82) is 0 Å². The number of rotatable bonds is 6. The number of nitrogens with one attached hydrogen (secondary N) is 1. The van der Waals surface area contributed by atoms with Crippen molar-refractivity contribution in [2.75, 3.05) is 25.0 Å². The van der Waals surface area contributed by atoms with Crippen LogP contribution >= 0.6 is 23.2 Å². The number of halogens is 2. The maximum absolute atomic E-state index is 12.7. The Hall–Kier alpha value is -2.08. The van der Waals surface area contributed by atoms with Gasteiger partial charge in [0.25, 0.3) is 0 Å². The molecule has 5 nitrogen and oxygen atoms in total. The van der Waals surface area contributed by atoms with Gasteiger partial charge < -0.3 is 10.1 Å². The van der Waals surface area contributed by atoms with Gasteiger partial charge in [-0.3, -0.25) is 9.69 Å². The van der Waals surface area contributed by atoms with Crippen molar-refractivity contribution < 1.29 is 14.3 Å². The zero-order valence-electron chi connectivity index (χ0n) is 16.3. The van der Waals surface area contributed by atoms with Gasteiger partial charge in [0, 0.05) is 23.2 Å². The second-order valence-electron chi connectivity index (χ2n) is 7.08. The van der Waals surface area contributed by atoms with Crippen molar-refractivity contribution >= 4 is 40.8 Å². The Morgan fingerprint density at radius 2 is 1.79 bits per heavy atom. The van der Waals surface area contributed by atoms with Crippen LogP contribution in [0.4, 0.5) is 5.69 Å². The number of carbonyl (C=O) groups is 2. The van der Waals surface area contributed by atoms with Gasteiger partial charge in [0.1, 0.15) is 0 Å². The molecule has 154 valence electrons. The number of nitrogens with zero attached hydrogens (tertiary/aromatic N) is 1. The molecule has 0 spiro atoms. The van der Waals surface area contributed by atoms with Crippen LogP contribution in [0.2, 0.25) is 10.0 Å². The Morgan fingerprint density at radius 3 is 2.45 bits per heavy atom. The Kier molecular flexibility index (Phi) is 7.53. The van der Waals surface area contributed by atoms with Crippen LogP contribution in [-0.2, 0) is 16.1 Å². The molecule has 0 aromatic heterocycles. The first kappa shape index (κ1) is 21.6. The fourth-order valence-corrected chi connectivity index (χ4v) is 3.73. The Labute approximate surface area is 180 Å². The Balaban J connectivity index is 1.54. The highest BCUT2D eigenvalue weighted by Crippen LogP contribution is 2.24. The largest absolute Gasteiger partial charge is 0.462 e. The molecular formula is C22H24Cl2N2O3. The van der Waals surface area contributed by atoms with Gasteiger partial charge in [-0.2, -0.15) is 0 Å². The molecule has 0 aliphatic carbocycles. The molecule has 2 aromatic carbocycles. The lowest BCUT2D eigenvalue weighted by atomic mass is 9.95. The summed E-state index contributed by atoms with van der Waals surface area (Å²) in [6, 6.07) is 12.7. The Morgan fingerprint density at radius 1 is 1.10 bits per heavy atom. The number of benzene rings is 2. The highest BCUT2D eigenvalue weighted by molar-refractivity contribution is 6.33. The van der Waals surface area contributed by atoms with Gasteiger partial charge in [0.05, 0.1) is 17.2 Å². The van der Waals surface area contributed by atoms with Crippen LogP contribution in [0.25, 0.3) is 0 Å². The monoisotopic (exact) mass is 434 g/mol. The lowest BCUT2D eigenvalue weighted by Gasteiger charge is -2.31. The molecule has 29 heavy (non-hydrogen) atoms. The summed E-state index contributed by atoms with van der Waals surface area (Å²) in [5.74, 6) is -0.587. The van der Waals surface area contributed by atoms with E-state index in [1.807, 2.05) is 24.3 Å². The van der Waals surface area contributed by atoms with Gasteiger partial charge >= 0.3 is 5.97 Å². The first-order valence-corrected chi connectivity index (χ1v) is 10.5. The van der Waals surface area contributed by atoms with Gasteiger partial charge in [0.15, 0.2) is 0 Å². The summed E-state index contributed by atoms with van der Waals surface area (Å²) in [5.41, 5.74) is 2.01. The quantitative estimate of drug-likeness (QED) is 0.648. The molecule has 1 heterocycles. The summed E-state index contributed by atoms with van der Waals surface area (Å²) in [4.78, 5) is 27.0. The summed E-state index contributed by atoms with van der Waals surface area (Å²) in [5, 5.41) is 3.94. The minimum Gasteiger partial charge on any atom is -0.462 e. The SMILES string of the molecule is CCOC(=O)c1cc(NC(=O)C2CCN(Cc3ccc(Cl)cc3)CC2)ccc1Cl. The van der Waals surface area contributed by atoms with E-state index in [0.717, 1.165) is 37.5 Å². The third kappa shape index (κ3) is 5.95. The van der Waals surface area contributed by atoms with E-state index in [9.17, 15) is 9.59 Å². The van der Waals surface area contributed by atoms with Crippen molar-refractivity contribution in [3.05, 3.63) is 63.6 Å². The van der Waals surface area contributed by atoms with E-state index in [1.54, 1.807) is 25.1 Å². The molecule has 1 fully saturated rings. The number of piperidine rings is 1. The van der Waals surface area contributed by atoms with E-state index < -0.39 is 5.97 Å².